The lowest BCUT2D eigenvalue weighted by atomic mass is 10.2. The van der Waals surface area contributed by atoms with Gasteiger partial charge in [-0.15, -0.1) is 0 Å². The Kier molecular flexibility index (Phi) is 5.55. The van der Waals surface area contributed by atoms with E-state index in [9.17, 15) is 13.2 Å². The van der Waals surface area contributed by atoms with Crippen molar-refractivity contribution >= 4 is 27.4 Å². The summed E-state index contributed by atoms with van der Waals surface area (Å²) >= 11 is 0. The van der Waals surface area contributed by atoms with Crippen LogP contribution >= 0.6 is 0 Å². The van der Waals surface area contributed by atoms with E-state index in [4.69, 9.17) is 9.47 Å². The van der Waals surface area contributed by atoms with E-state index in [2.05, 4.69) is 4.72 Å². The molecule has 0 unspecified atom stereocenters. The maximum atomic E-state index is 12.8. The second kappa shape index (κ2) is 7.87. The van der Waals surface area contributed by atoms with E-state index in [1.165, 1.54) is 12.1 Å². The minimum atomic E-state index is -3.81. The highest BCUT2D eigenvalue weighted by Gasteiger charge is 2.21. The molecule has 0 saturated heterocycles. The zero-order valence-electron chi connectivity index (χ0n) is 15.3. The number of esters is 1. The third-order valence-electron chi connectivity index (χ3n) is 4.12. The zero-order valence-corrected chi connectivity index (χ0v) is 16.1. The Hall–Kier alpha value is -2.74. The lowest BCUT2D eigenvalue weighted by Gasteiger charge is -2.28. The highest BCUT2D eigenvalue weighted by molar-refractivity contribution is 7.92. The normalized spacial score (nSPS) is 13.5. The summed E-state index contributed by atoms with van der Waals surface area (Å²) in [5.41, 5.74) is 1.31. The number of sulfonamides is 1. The van der Waals surface area contributed by atoms with Crippen LogP contribution in [0.3, 0.4) is 0 Å². The number of carbonyl (C=O) groups is 1. The number of ether oxygens (including phenoxy) is 2. The molecule has 1 N–H and O–H groups in total. The second-order valence-corrected chi connectivity index (χ2v) is 7.90. The quantitative estimate of drug-likeness (QED) is 0.764. The van der Waals surface area contributed by atoms with Crippen molar-refractivity contribution in [2.24, 2.45) is 0 Å². The molecule has 1 aliphatic heterocycles. The highest BCUT2D eigenvalue weighted by Crippen LogP contribution is 2.33. The summed E-state index contributed by atoms with van der Waals surface area (Å²) in [6, 6.07) is 11.0. The Balaban J connectivity index is 1.83. The Labute approximate surface area is 158 Å². The molecule has 0 spiro atoms. The zero-order chi connectivity index (χ0) is 19.4. The minimum absolute atomic E-state index is 0.123. The monoisotopic (exact) mass is 390 g/mol. The van der Waals surface area contributed by atoms with Crippen LogP contribution in [0.5, 0.6) is 5.75 Å². The molecule has 2 aromatic rings. The number of benzene rings is 2. The standard InChI is InChI=1S/C19H22N2O5S/c1-3-10-26-19(22)14-5-4-6-15(12-14)20-27(23,24)16-7-8-18-17(13-16)21(2)9-11-25-18/h4-8,12-13,20H,3,9-11H2,1-2H3. The first kappa shape index (κ1) is 19.0. The number of anilines is 2. The smallest absolute Gasteiger partial charge is 0.338 e. The van der Waals surface area contributed by atoms with Crippen LogP contribution in [0.15, 0.2) is 47.4 Å². The molecule has 0 radical (unpaired) electrons. The molecule has 1 aliphatic rings. The molecule has 3 rings (SSSR count). The molecule has 2 aromatic carbocycles. The fourth-order valence-electron chi connectivity index (χ4n) is 2.70. The van der Waals surface area contributed by atoms with Crippen LogP contribution in [0.25, 0.3) is 0 Å². The maximum Gasteiger partial charge on any atom is 0.338 e. The van der Waals surface area contributed by atoms with Crippen molar-refractivity contribution in [3.8, 4) is 5.75 Å². The molecule has 0 bridgehead atoms. The van der Waals surface area contributed by atoms with Crippen LogP contribution in [0.4, 0.5) is 11.4 Å². The lowest BCUT2D eigenvalue weighted by Crippen LogP contribution is -2.29. The molecule has 0 saturated carbocycles. The third-order valence-corrected chi connectivity index (χ3v) is 5.50. The number of carbonyl (C=O) groups excluding carboxylic acids is 1. The van der Waals surface area contributed by atoms with Crippen LogP contribution in [-0.4, -0.2) is 41.2 Å². The van der Waals surface area contributed by atoms with Gasteiger partial charge in [-0.05, 0) is 42.8 Å². The number of fused-ring (bicyclic) bond motifs is 1. The van der Waals surface area contributed by atoms with Gasteiger partial charge in [0.25, 0.3) is 10.0 Å². The molecule has 0 amide bonds. The third kappa shape index (κ3) is 4.33. The van der Waals surface area contributed by atoms with E-state index in [1.54, 1.807) is 30.3 Å². The number of nitrogens with zero attached hydrogens (tertiary/aromatic N) is 1. The lowest BCUT2D eigenvalue weighted by molar-refractivity contribution is 0.0505. The molecular weight excluding hydrogens is 368 g/mol. The van der Waals surface area contributed by atoms with E-state index in [-0.39, 0.29) is 4.90 Å². The topological polar surface area (TPSA) is 84.9 Å². The first-order chi connectivity index (χ1) is 12.9. The van der Waals surface area contributed by atoms with E-state index in [1.807, 2.05) is 18.9 Å². The second-order valence-electron chi connectivity index (χ2n) is 6.22. The number of rotatable bonds is 6. The Morgan fingerprint density at radius 2 is 2.07 bits per heavy atom. The van der Waals surface area contributed by atoms with Crippen LogP contribution in [0, 0.1) is 0 Å². The summed E-state index contributed by atoms with van der Waals surface area (Å²) in [5.74, 6) is 0.175. The molecule has 7 nitrogen and oxygen atoms in total. The van der Waals surface area contributed by atoms with Crippen molar-refractivity contribution in [3.05, 3.63) is 48.0 Å². The van der Waals surface area contributed by atoms with Gasteiger partial charge < -0.3 is 14.4 Å². The summed E-state index contributed by atoms with van der Waals surface area (Å²) in [6.45, 7) is 3.47. The summed E-state index contributed by atoms with van der Waals surface area (Å²) in [7, 11) is -1.93. The molecule has 144 valence electrons. The summed E-state index contributed by atoms with van der Waals surface area (Å²) < 4.78 is 38.7. The number of nitrogens with one attached hydrogen (secondary N) is 1. The molecule has 0 aromatic heterocycles. The Morgan fingerprint density at radius 1 is 1.26 bits per heavy atom. The molecular formula is C19H22N2O5S. The summed E-state index contributed by atoms with van der Waals surface area (Å²) in [6.07, 6.45) is 0.717. The van der Waals surface area contributed by atoms with Gasteiger partial charge in [-0.2, -0.15) is 0 Å². The van der Waals surface area contributed by atoms with Gasteiger partial charge in [0.05, 0.1) is 29.3 Å². The molecule has 8 heteroatoms. The van der Waals surface area contributed by atoms with Gasteiger partial charge in [0.2, 0.25) is 0 Å². The first-order valence-corrected chi connectivity index (χ1v) is 10.2. The van der Waals surface area contributed by atoms with Crippen LogP contribution in [-0.2, 0) is 14.8 Å². The van der Waals surface area contributed by atoms with Gasteiger partial charge in [-0.1, -0.05) is 13.0 Å². The van der Waals surface area contributed by atoms with Gasteiger partial charge in [0.1, 0.15) is 12.4 Å². The summed E-state index contributed by atoms with van der Waals surface area (Å²) in [4.78, 5) is 14.0. The van der Waals surface area contributed by atoms with E-state index < -0.39 is 16.0 Å². The van der Waals surface area contributed by atoms with Crippen molar-refractivity contribution in [1.29, 1.82) is 0 Å². The van der Waals surface area contributed by atoms with Crippen LogP contribution in [0.1, 0.15) is 23.7 Å². The predicted octanol–water partition coefficient (Wildman–Crippen LogP) is 2.88. The van der Waals surface area contributed by atoms with Gasteiger partial charge in [0.15, 0.2) is 0 Å². The van der Waals surface area contributed by atoms with Crippen molar-refractivity contribution in [3.63, 3.8) is 0 Å². The number of likely N-dealkylation sites (N-methyl/N-ethyl adjacent to an activating group) is 1. The van der Waals surface area contributed by atoms with Crippen molar-refractivity contribution in [2.45, 2.75) is 18.2 Å². The Bertz CT molecular complexity index is 943. The number of hydrogen-bond donors (Lipinski definition) is 1. The fourth-order valence-corrected chi connectivity index (χ4v) is 3.77. The molecule has 27 heavy (non-hydrogen) atoms. The average Bonchev–Trinajstić information content (AvgIpc) is 2.66. The summed E-state index contributed by atoms with van der Waals surface area (Å²) in [5, 5.41) is 0. The van der Waals surface area contributed by atoms with Gasteiger partial charge in [-0.25, -0.2) is 13.2 Å². The van der Waals surface area contributed by atoms with Crippen molar-refractivity contribution < 1.29 is 22.7 Å². The van der Waals surface area contributed by atoms with Crippen molar-refractivity contribution in [1.82, 2.24) is 0 Å². The van der Waals surface area contributed by atoms with Crippen LogP contribution in [0.2, 0.25) is 0 Å². The Morgan fingerprint density at radius 3 is 2.85 bits per heavy atom. The minimum Gasteiger partial charge on any atom is -0.490 e. The van der Waals surface area contributed by atoms with Gasteiger partial charge in [0, 0.05) is 12.7 Å². The fraction of sp³-hybridized carbons (Fsp3) is 0.316. The van der Waals surface area contributed by atoms with E-state index in [0.29, 0.717) is 43.2 Å². The van der Waals surface area contributed by atoms with E-state index in [0.717, 1.165) is 5.69 Å². The molecule has 0 fully saturated rings. The largest absolute Gasteiger partial charge is 0.490 e. The molecule has 1 heterocycles. The van der Waals surface area contributed by atoms with Gasteiger partial charge >= 0.3 is 5.97 Å². The van der Waals surface area contributed by atoms with Gasteiger partial charge in [-0.3, -0.25) is 4.72 Å². The predicted molar refractivity (Wildman–Crippen MR) is 103 cm³/mol. The molecule has 0 aliphatic carbocycles. The van der Waals surface area contributed by atoms with Crippen molar-refractivity contribution in [2.75, 3.05) is 36.4 Å². The highest BCUT2D eigenvalue weighted by atomic mass is 32.2. The molecule has 0 atom stereocenters. The average molecular weight is 390 g/mol. The SMILES string of the molecule is CCCOC(=O)c1cccc(NS(=O)(=O)c2ccc3c(c2)N(C)CCO3)c1. The number of hydrogen-bond acceptors (Lipinski definition) is 6. The first-order valence-electron chi connectivity index (χ1n) is 8.68. The van der Waals surface area contributed by atoms with Crippen LogP contribution < -0.4 is 14.4 Å². The maximum absolute atomic E-state index is 12.8. The van der Waals surface area contributed by atoms with E-state index >= 15 is 0 Å².